The van der Waals surface area contributed by atoms with Gasteiger partial charge in [-0.3, -0.25) is 0 Å². The molecular weight excluding hydrogens is 136 g/mol. The van der Waals surface area contributed by atoms with Crippen molar-refractivity contribution in [3.8, 4) is 0 Å². The van der Waals surface area contributed by atoms with Gasteiger partial charge < -0.3 is 11.5 Å². The van der Waals surface area contributed by atoms with Crippen molar-refractivity contribution in [1.82, 2.24) is 0 Å². The highest BCUT2D eigenvalue weighted by molar-refractivity contribution is 4.74. The minimum absolute atomic E-state index is 0.0198. The monoisotopic (exact) mass is 158 g/mol. The summed E-state index contributed by atoms with van der Waals surface area (Å²) in [4.78, 5) is 0. The van der Waals surface area contributed by atoms with Crippen LogP contribution >= 0.6 is 0 Å². The second-order valence-electron chi connectivity index (χ2n) is 4.23. The molecule has 0 amide bonds. The normalized spacial score (nSPS) is 15.0. The summed E-state index contributed by atoms with van der Waals surface area (Å²) in [7, 11) is 0. The van der Waals surface area contributed by atoms with E-state index in [0.29, 0.717) is 5.92 Å². The van der Waals surface area contributed by atoms with Crippen LogP contribution in [0.2, 0.25) is 0 Å². The molecule has 68 valence electrons. The van der Waals surface area contributed by atoms with Crippen LogP contribution in [0.1, 0.15) is 40.0 Å². The van der Waals surface area contributed by atoms with E-state index in [1.807, 2.05) is 0 Å². The van der Waals surface area contributed by atoms with Crippen molar-refractivity contribution >= 4 is 0 Å². The van der Waals surface area contributed by atoms with Gasteiger partial charge in [0.15, 0.2) is 0 Å². The molecule has 0 spiro atoms. The van der Waals surface area contributed by atoms with Crippen molar-refractivity contribution in [2.24, 2.45) is 17.4 Å². The van der Waals surface area contributed by atoms with Crippen molar-refractivity contribution in [1.29, 1.82) is 0 Å². The highest BCUT2D eigenvalue weighted by atomic mass is 14.7. The molecule has 4 N–H and O–H groups in total. The Hall–Kier alpha value is -0.0800. The average molecular weight is 158 g/mol. The van der Waals surface area contributed by atoms with Gasteiger partial charge in [-0.1, -0.05) is 6.92 Å². The second-order valence-corrected chi connectivity index (χ2v) is 4.23. The Kier molecular flexibility index (Phi) is 4.69. The zero-order chi connectivity index (χ0) is 8.91. The molecule has 0 aromatic rings. The molecule has 2 nitrogen and oxygen atoms in total. The Morgan fingerprint density at radius 1 is 1.36 bits per heavy atom. The van der Waals surface area contributed by atoms with E-state index in [1.54, 1.807) is 0 Å². The lowest BCUT2D eigenvalue weighted by Crippen LogP contribution is -2.33. The Bertz CT molecular complexity index is 94.2. The second kappa shape index (κ2) is 4.73. The minimum Gasteiger partial charge on any atom is -0.330 e. The fraction of sp³-hybridized carbons (Fsp3) is 1.00. The van der Waals surface area contributed by atoms with Gasteiger partial charge in [-0.25, -0.2) is 0 Å². The smallest absolute Gasteiger partial charge is 0.00995 e. The van der Waals surface area contributed by atoms with Crippen LogP contribution in [0, 0.1) is 5.92 Å². The zero-order valence-corrected chi connectivity index (χ0v) is 8.06. The molecule has 1 unspecified atom stereocenters. The van der Waals surface area contributed by atoms with Gasteiger partial charge in [-0.05, 0) is 45.6 Å². The quantitative estimate of drug-likeness (QED) is 0.637. The Balaban J connectivity index is 3.44. The first-order chi connectivity index (χ1) is 4.95. The molecule has 0 aromatic carbocycles. The van der Waals surface area contributed by atoms with Crippen LogP contribution in [-0.4, -0.2) is 12.1 Å². The molecule has 0 aliphatic rings. The molecule has 0 aromatic heterocycles. The van der Waals surface area contributed by atoms with Gasteiger partial charge >= 0.3 is 0 Å². The Labute approximate surface area is 70.3 Å². The summed E-state index contributed by atoms with van der Waals surface area (Å²) >= 11 is 0. The van der Waals surface area contributed by atoms with Gasteiger partial charge in [0, 0.05) is 5.54 Å². The van der Waals surface area contributed by atoms with E-state index < -0.39 is 0 Å². The SMILES string of the molecule is CC(CCCN)CC(C)(C)N. The molecule has 11 heavy (non-hydrogen) atoms. The minimum atomic E-state index is -0.0198. The average Bonchev–Trinajstić information content (AvgIpc) is 1.79. The summed E-state index contributed by atoms with van der Waals surface area (Å²) in [5, 5.41) is 0. The third-order valence-corrected chi connectivity index (χ3v) is 1.78. The van der Waals surface area contributed by atoms with Crippen LogP contribution in [0.25, 0.3) is 0 Å². The van der Waals surface area contributed by atoms with Gasteiger partial charge in [0.1, 0.15) is 0 Å². The highest BCUT2D eigenvalue weighted by Crippen LogP contribution is 2.17. The highest BCUT2D eigenvalue weighted by Gasteiger charge is 2.14. The molecule has 0 radical (unpaired) electrons. The van der Waals surface area contributed by atoms with Gasteiger partial charge in [0.05, 0.1) is 0 Å². The van der Waals surface area contributed by atoms with Crippen LogP contribution in [0.4, 0.5) is 0 Å². The first-order valence-corrected chi connectivity index (χ1v) is 4.44. The molecule has 0 aliphatic heterocycles. The van der Waals surface area contributed by atoms with E-state index >= 15 is 0 Å². The zero-order valence-electron chi connectivity index (χ0n) is 8.06. The molecule has 0 heterocycles. The lowest BCUT2D eigenvalue weighted by Gasteiger charge is -2.22. The largest absolute Gasteiger partial charge is 0.330 e. The van der Waals surface area contributed by atoms with Gasteiger partial charge in [-0.15, -0.1) is 0 Å². The van der Waals surface area contributed by atoms with Crippen LogP contribution in [0.15, 0.2) is 0 Å². The van der Waals surface area contributed by atoms with E-state index in [2.05, 4.69) is 20.8 Å². The summed E-state index contributed by atoms with van der Waals surface area (Å²) in [6.45, 7) is 7.19. The van der Waals surface area contributed by atoms with Gasteiger partial charge in [0.25, 0.3) is 0 Å². The molecule has 0 saturated carbocycles. The van der Waals surface area contributed by atoms with Crippen LogP contribution in [0.5, 0.6) is 0 Å². The van der Waals surface area contributed by atoms with Gasteiger partial charge in [-0.2, -0.15) is 0 Å². The number of rotatable bonds is 5. The molecule has 0 bridgehead atoms. The van der Waals surface area contributed by atoms with Crippen molar-refractivity contribution in [3.05, 3.63) is 0 Å². The van der Waals surface area contributed by atoms with Gasteiger partial charge in [0.2, 0.25) is 0 Å². The fourth-order valence-corrected chi connectivity index (χ4v) is 1.47. The van der Waals surface area contributed by atoms with Crippen molar-refractivity contribution < 1.29 is 0 Å². The number of hydrogen-bond acceptors (Lipinski definition) is 2. The Morgan fingerprint density at radius 2 is 1.91 bits per heavy atom. The lowest BCUT2D eigenvalue weighted by atomic mass is 9.90. The van der Waals surface area contributed by atoms with E-state index in [0.717, 1.165) is 19.4 Å². The lowest BCUT2D eigenvalue weighted by molar-refractivity contribution is 0.360. The van der Waals surface area contributed by atoms with Crippen molar-refractivity contribution in [2.75, 3.05) is 6.54 Å². The van der Waals surface area contributed by atoms with Crippen molar-refractivity contribution in [2.45, 2.75) is 45.6 Å². The molecular formula is C9H22N2. The number of hydrogen-bond donors (Lipinski definition) is 2. The topological polar surface area (TPSA) is 52.0 Å². The molecule has 2 heteroatoms. The third kappa shape index (κ3) is 7.82. The van der Waals surface area contributed by atoms with Crippen LogP contribution in [0.3, 0.4) is 0 Å². The maximum atomic E-state index is 5.88. The summed E-state index contributed by atoms with van der Waals surface area (Å²) in [6.07, 6.45) is 3.42. The van der Waals surface area contributed by atoms with Crippen molar-refractivity contribution in [3.63, 3.8) is 0 Å². The maximum Gasteiger partial charge on any atom is 0.00995 e. The predicted octanol–water partition coefficient (Wildman–Crippen LogP) is 1.49. The Morgan fingerprint density at radius 3 is 2.27 bits per heavy atom. The van der Waals surface area contributed by atoms with E-state index in [4.69, 9.17) is 11.5 Å². The number of nitrogens with two attached hydrogens (primary N) is 2. The summed E-state index contributed by atoms with van der Waals surface area (Å²) < 4.78 is 0. The van der Waals surface area contributed by atoms with E-state index in [9.17, 15) is 0 Å². The third-order valence-electron chi connectivity index (χ3n) is 1.78. The standard InChI is InChI=1S/C9H22N2/c1-8(5-4-6-10)7-9(2,3)11/h8H,4-7,10-11H2,1-3H3. The van der Waals surface area contributed by atoms with Crippen LogP contribution < -0.4 is 11.5 Å². The molecule has 1 atom stereocenters. The molecule has 0 fully saturated rings. The molecule has 0 saturated heterocycles. The van der Waals surface area contributed by atoms with Crippen LogP contribution in [-0.2, 0) is 0 Å². The first kappa shape index (κ1) is 10.9. The van der Waals surface area contributed by atoms with E-state index in [-0.39, 0.29) is 5.54 Å². The molecule has 0 aliphatic carbocycles. The summed E-state index contributed by atoms with van der Waals surface area (Å²) in [5.74, 6) is 0.707. The maximum absolute atomic E-state index is 5.88. The fourth-order valence-electron chi connectivity index (χ4n) is 1.47. The van der Waals surface area contributed by atoms with E-state index in [1.165, 1.54) is 6.42 Å². The first-order valence-electron chi connectivity index (χ1n) is 4.44. The summed E-state index contributed by atoms with van der Waals surface area (Å²) in [6, 6.07) is 0. The summed E-state index contributed by atoms with van der Waals surface area (Å²) in [5.41, 5.74) is 11.3. The molecule has 0 rings (SSSR count). The predicted molar refractivity (Wildman–Crippen MR) is 50.3 cm³/mol.